The summed E-state index contributed by atoms with van der Waals surface area (Å²) >= 11 is 0. The van der Waals surface area contributed by atoms with Crippen LogP contribution in [0.1, 0.15) is 72.4 Å². The van der Waals surface area contributed by atoms with Gasteiger partial charge in [0.25, 0.3) is 0 Å². The molecular formula is C38H45N. The third-order valence-electron chi connectivity index (χ3n) is 8.73. The zero-order valence-corrected chi connectivity index (χ0v) is 25.0. The lowest BCUT2D eigenvalue weighted by atomic mass is 9.75. The Kier molecular flexibility index (Phi) is 8.21. The predicted molar refractivity (Wildman–Crippen MR) is 174 cm³/mol. The van der Waals surface area contributed by atoms with Crippen LogP contribution in [0.2, 0.25) is 0 Å². The van der Waals surface area contributed by atoms with Crippen molar-refractivity contribution in [3.8, 4) is 0 Å². The Hall–Kier alpha value is -3.58. The van der Waals surface area contributed by atoms with Crippen LogP contribution >= 0.6 is 0 Å². The first-order chi connectivity index (χ1) is 18.5. The summed E-state index contributed by atoms with van der Waals surface area (Å²) < 4.78 is 2.27. The number of nitrogens with zero attached hydrogens (tertiary/aromatic N) is 1. The standard InChI is InChI=1S/C38H45N/c1-10-14-29(27(4)11-2)15-13-26-37(6,7)31-18-20-32(21-19-31)38(8,9)30(12-3)17-16-28(5)39-35-24-22-33(35)34-23-25-36(34)39/h10,12-25,27H,1,5,11,26H2,2-4,6-9H3/b15-13-,17-16-,29-14+,30-12+/t27-/m1/s1. The van der Waals surface area contributed by atoms with Crippen molar-refractivity contribution < 1.29 is 0 Å². The molecule has 39 heavy (non-hydrogen) atoms. The summed E-state index contributed by atoms with van der Waals surface area (Å²) in [5, 5.41) is 2.69. The molecule has 0 aliphatic rings. The molecule has 0 N–H and O–H groups in total. The van der Waals surface area contributed by atoms with Crippen LogP contribution in [0.4, 0.5) is 0 Å². The van der Waals surface area contributed by atoms with Gasteiger partial charge >= 0.3 is 0 Å². The molecule has 0 spiro atoms. The van der Waals surface area contributed by atoms with Crippen molar-refractivity contribution in [3.63, 3.8) is 0 Å². The second-order valence-corrected chi connectivity index (χ2v) is 12.1. The summed E-state index contributed by atoms with van der Waals surface area (Å²) in [7, 11) is 0. The van der Waals surface area contributed by atoms with E-state index < -0.39 is 0 Å². The first-order valence-electron chi connectivity index (χ1n) is 14.3. The van der Waals surface area contributed by atoms with Crippen LogP contribution in [-0.4, -0.2) is 4.57 Å². The van der Waals surface area contributed by atoms with Gasteiger partial charge in [0.15, 0.2) is 0 Å². The Morgan fingerprint density at radius 1 is 0.872 bits per heavy atom. The third kappa shape index (κ3) is 5.46. The molecule has 0 fully saturated rings. The summed E-state index contributed by atoms with van der Waals surface area (Å²) in [6.45, 7) is 24.2. The van der Waals surface area contributed by atoms with Gasteiger partial charge in [-0.1, -0.05) is 128 Å². The van der Waals surface area contributed by atoms with E-state index in [0.29, 0.717) is 5.92 Å². The Bertz CT molecular complexity index is 1500. The van der Waals surface area contributed by atoms with E-state index in [-0.39, 0.29) is 10.8 Å². The van der Waals surface area contributed by atoms with Crippen LogP contribution in [0.3, 0.4) is 0 Å². The zero-order chi connectivity index (χ0) is 28.4. The van der Waals surface area contributed by atoms with Crippen LogP contribution in [0.25, 0.3) is 27.5 Å². The maximum Gasteiger partial charge on any atom is 0.0541 e. The molecule has 1 heterocycles. The molecule has 4 aromatic rings. The lowest BCUT2D eigenvalue weighted by Crippen LogP contribution is -2.21. The molecule has 1 atom stereocenters. The van der Waals surface area contributed by atoms with Crippen LogP contribution in [0.15, 0.2) is 115 Å². The normalized spacial score (nSPS) is 14.9. The molecule has 0 saturated heterocycles. The zero-order valence-electron chi connectivity index (χ0n) is 25.0. The molecule has 0 saturated carbocycles. The van der Waals surface area contributed by atoms with E-state index in [4.69, 9.17) is 0 Å². The molecule has 0 amide bonds. The minimum absolute atomic E-state index is 0.0533. The van der Waals surface area contributed by atoms with Gasteiger partial charge in [-0.05, 0) is 71.6 Å². The number of hydrogen-bond acceptors (Lipinski definition) is 0. The highest BCUT2D eigenvalue weighted by molar-refractivity contribution is 6.15. The summed E-state index contributed by atoms with van der Waals surface area (Å²) in [4.78, 5) is 0. The largest absolute Gasteiger partial charge is 0.310 e. The molecule has 1 nitrogen and oxygen atoms in total. The minimum Gasteiger partial charge on any atom is -0.310 e. The molecule has 202 valence electrons. The molecule has 1 aromatic heterocycles. The van der Waals surface area contributed by atoms with Gasteiger partial charge in [-0.25, -0.2) is 0 Å². The molecule has 3 aromatic carbocycles. The average Bonchev–Trinajstić information content (AvgIpc) is 3.03. The molecule has 0 unspecified atom stereocenters. The van der Waals surface area contributed by atoms with Crippen LogP contribution in [-0.2, 0) is 10.8 Å². The Morgan fingerprint density at radius 2 is 1.46 bits per heavy atom. The molecule has 0 aliphatic carbocycles. The third-order valence-corrected chi connectivity index (χ3v) is 8.73. The Morgan fingerprint density at radius 3 is 1.95 bits per heavy atom. The van der Waals surface area contributed by atoms with Gasteiger partial charge in [-0.2, -0.15) is 0 Å². The van der Waals surface area contributed by atoms with Crippen molar-refractivity contribution in [2.24, 2.45) is 5.92 Å². The average molecular weight is 516 g/mol. The van der Waals surface area contributed by atoms with Gasteiger partial charge in [0.1, 0.15) is 0 Å². The van der Waals surface area contributed by atoms with Gasteiger partial charge in [-0.15, -0.1) is 0 Å². The highest BCUT2D eigenvalue weighted by Gasteiger charge is 2.26. The maximum atomic E-state index is 4.40. The van der Waals surface area contributed by atoms with E-state index in [2.05, 4.69) is 151 Å². The van der Waals surface area contributed by atoms with Crippen molar-refractivity contribution in [1.29, 1.82) is 0 Å². The van der Waals surface area contributed by atoms with Gasteiger partial charge < -0.3 is 4.57 Å². The Labute approximate surface area is 236 Å². The molecule has 1 heteroatoms. The van der Waals surface area contributed by atoms with E-state index in [1.54, 1.807) is 0 Å². The van der Waals surface area contributed by atoms with Crippen molar-refractivity contribution in [2.45, 2.75) is 72.1 Å². The van der Waals surface area contributed by atoms with Gasteiger partial charge in [0, 0.05) is 21.9 Å². The molecule has 0 radical (unpaired) electrons. The molecular weight excluding hydrogens is 470 g/mol. The second-order valence-electron chi connectivity index (χ2n) is 12.1. The lowest BCUT2D eigenvalue weighted by Gasteiger charge is -2.29. The quantitative estimate of drug-likeness (QED) is 0.165. The topological polar surface area (TPSA) is 4.93 Å². The highest BCUT2D eigenvalue weighted by Crippen LogP contribution is 2.38. The first-order valence-corrected chi connectivity index (χ1v) is 14.3. The molecule has 0 bridgehead atoms. The number of hydrogen-bond donors (Lipinski definition) is 0. The van der Waals surface area contributed by atoms with Gasteiger partial charge in [-0.3, -0.25) is 0 Å². The van der Waals surface area contributed by atoms with E-state index >= 15 is 0 Å². The van der Waals surface area contributed by atoms with E-state index in [1.165, 1.54) is 44.1 Å². The van der Waals surface area contributed by atoms with E-state index in [0.717, 1.165) is 18.5 Å². The smallest absolute Gasteiger partial charge is 0.0541 e. The van der Waals surface area contributed by atoms with E-state index in [9.17, 15) is 0 Å². The molecule has 0 aliphatic heterocycles. The fraction of sp³-hybridized carbons (Fsp3) is 0.316. The summed E-state index contributed by atoms with van der Waals surface area (Å²) in [6, 6.07) is 18.0. The number of benzene rings is 1. The SMILES string of the molecule is C=C/C=C(\C=C/CC(C)(C)c1ccc(C(C)(C)C(/C=C\C(=C)n2c3ccc3c3ccc32)=C/C)cc1)[C@H](C)CC. The minimum atomic E-state index is -0.124. The Balaban J connectivity index is 1.48. The number of fused-ring (bicyclic) bond motifs is 3. The van der Waals surface area contributed by atoms with Crippen molar-refractivity contribution in [1.82, 2.24) is 4.57 Å². The van der Waals surface area contributed by atoms with Crippen molar-refractivity contribution >= 4 is 27.5 Å². The summed E-state index contributed by atoms with van der Waals surface area (Å²) in [5.41, 5.74) is 8.76. The highest BCUT2D eigenvalue weighted by atomic mass is 15.0. The lowest BCUT2D eigenvalue weighted by molar-refractivity contribution is 0.532. The van der Waals surface area contributed by atoms with Crippen LogP contribution in [0.5, 0.6) is 0 Å². The van der Waals surface area contributed by atoms with Crippen molar-refractivity contribution in [2.75, 3.05) is 0 Å². The number of rotatable bonds is 12. The number of aromatic nitrogens is 1. The van der Waals surface area contributed by atoms with Crippen LogP contribution in [0, 0.1) is 5.92 Å². The fourth-order valence-corrected chi connectivity index (χ4v) is 5.56. The van der Waals surface area contributed by atoms with E-state index in [1.807, 2.05) is 6.08 Å². The summed E-state index contributed by atoms with van der Waals surface area (Å²) in [6.07, 6.45) is 17.4. The molecule has 4 rings (SSSR count). The monoisotopic (exact) mass is 515 g/mol. The van der Waals surface area contributed by atoms with Gasteiger partial charge in [0.05, 0.1) is 11.0 Å². The predicted octanol–water partition coefficient (Wildman–Crippen LogP) is 11.0. The number of allylic oxidation sites excluding steroid dienone is 10. The maximum absolute atomic E-state index is 4.40. The first kappa shape index (κ1) is 28.4. The van der Waals surface area contributed by atoms with Crippen molar-refractivity contribution in [3.05, 3.63) is 126 Å². The second kappa shape index (κ2) is 11.3. The van der Waals surface area contributed by atoms with Crippen LogP contribution < -0.4 is 0 Å². The van der Waals surface area contributed by atoms with Gasteiger partial charge in [0.2, 0.25) is 0 Å². The fourth-order valence-electron chi connectivity index (χ4n) is 5.56. The summed E-state index contributed by atoms with van der Waals surface area (Å²) in [5.74, 6) is 0.542.